The van der Waals surface area contributed by atoms with E-state index in [9.17, 15) is 0 Å². The van der Waals surface area contributed by atoms with Gasteiger partial charge in [-0.2, -0.15) is 0 Å². The maximum atomic E-state index is 9.06. The molecule has 0 bridgehead atoms. The largest absolute Gasteiger partial charge is 0.494 e. The number of aliphatic imine (C=N–C) groups is 1. The summed E-state index contributed by atoms with van der Waals surface area (Å²) in [5, 5.41) is 9.06. The molecule has 1 aliphatic carbocycles. The number of benzene rings is 1. The molecule has 1 aliphatic rings. The number of aliphatic hydroxyl groups excluding tert-OH is 1. The lowest BCUT2D eigenvalue weighted by Gasteiger charge is -2.15. The fraction of sp³-hybridized carbons (Fsp3) is 0.389. The first kappa shape index (κ1) is 14.4. The van der Waals surface area contributed by atoms with E-state index in [1.54, 1.807) is 0 Å². The molecule has 1 aromatic carbocycles. The second-order valence-corrected chi connectivity index (χ2v) is 5.30. The van der Waals surface area contributed by atoms with Gasteiger partial charge in [0.25, 0.3) is 0 Å². The fourth-order valence-electron chi connectivity index (χ4n) is 2.49. The minimum Gasteiger partial charge on any atom is -0.494 e. The van der Waals surface area contributed by atoms with Gasteiger partial charge in [-0.1, -0.05) is 43.2 Å². The van der Waals surface area contributed by atoms with Gasteiger partial charge in [0.1, 0.15) is 0 Å². The van der Waals surface area contributed by atoms with Crippen molar-refractivity contribution in [3.05, 3.63) is 47.9 Å². The summed E-state index contributed by atoms with van der Waals surface area (Å²) in [6, 6.07) is 7.97. The summed E-state index contributed by atoms with van der Waals surface area (Å²) in [7, 11) is 0. The Balaban J connectivity index is 2.05. The van der Waals surface area contributed by atoms with Crippen LogP contribution >= 0.6 is 0 Å². The third-order valence-electron chi connectivity index (χ3n) is 3.63. The summed E-state index contributed by atoms with van der Waals surface area (Å²) in [6.45, 7) is 5.22. The van der Waals surface area contributed by atoms with Gasteiger partial charge in [-0.15, -0.1) is 0 Å². The fourth-order valence-corrected chi connectivity index (χ4v) is 2.49. The van der Waals surface area contributed by atoms with Crippen molar-refractivity contribution in [3.63, 3.8) is 0 Å². The highest BCUT2D eigenvalue weighted by atomic mass is 16.3. The highest BCUT2D eigenvalue weighted by Crippen LogP contribution is 2.22. The Labute approximate surface area is 121 Å². The molecule has 1 N–H and O–H groups in total. The van der Waals surface area contributed by atoms with Gasteiger partial charge < -0.3 is 5.11 Å². The van der Waals surface area contributed by atoms with Crippen LogP contribution in [0.5, 0.6) is 0 Å². The van der Waals surface area contributed by atoms with Crippen molar-refractivity contribution in [3.8, 4) is 11.8 Å². The molecule has 0 aromatic heterocycles. The van der Waals surface area contributed by atoms with Crippen LogP contribution in [0.25, 0.3) is 0 Å². The standard InChI is InChI=1S/C18H21NO/c1-14(19-15(2)20)18-12-10-17(11-13-18)9-8-16-6-4-3-5-7-16/h10-13,16,20H,2-7H2,1H3/b19-14+. The Morgan fingerprint density at radius 1 is 1.20 bits per heavy atom. The summed E-state index contributed by atoms with van der Waals surface area (Å²) in [4.78, 5) is 3.94. The van der Waals surface area contributed by atoms with Crippen molar-refractivity contribution < 1.29 is 5.11 Å². The Bertz CT molecular complexity index is 551. The smallest absolute Gasteiger partial charge is 0.203 e. The Hall–Kier alpha value is -2.01. The van der Waals surface area contributed by atoms with E-state index < -0.39 is 0 Å². The summed E-state index contributed by atoms with van der Waals surface area (Å²) in [6.07, 6.45) is 6.49. The Morgan fingerprint density at radius 3 is 2.45 bits per heavy atom. The lowest BCUT2D eigenvalue weighted by molar-refractivity contribution is 0.410. The SMILES string of the molecule is C=C(O)/N=C(\C)c1ccc(C#CC2CCCCC2)cc1. The lowest BCUT2D eigenvalue weighted by Crippen LogP contribution is -2.03. The molecule has 1 saturated carbocycles. The molecule has 2 rings (SSSR count). The van der Waals surface area contributed by atoms with Crippen molar-refractivity contribution >= 4 is 5.71 Å². The summed E-state index contributed by atoms with van der Waals surface area (Å²) in [5.41, 5.74) is 2.77. The molecule has 0 spiro atoms. The molecule has 0 radical (unpaired) electrons. The molecule has 0 unspecified atom stereocenters. The number of nitrogens with zero attached hydrogens (tertiary/aromatic N) is 1. The molecule has 2 nitrogen and oxygen atoms in total. The first-order valence-electron chi connectivity index (χ1n) is 7.20. The predicted molar refractivity (Wildman–Crippen MR) is 83.9 cm³/mol. The van der Waals surface area contributed by atoms with E-state index in [0.717, 1.165) is 16.8 Å². The van der Waals surface area contributed by atoms with Crippen LogP contribution in [0.4, 0.5) is 0 Å². The monoisotopic (exact) mass is 267 g/mol. The second-order valence-electron chi connectivity index (χ2n) is 5.30. The lowest BCUT2D eigenvalue weighted by atomic mass is 9.89. The molecule has 0 amide bonds. The summed E-state index contributed by atoms with van der Waals surface area (Å²) >= 11 is 0. The zero-order valence-corrected chi connectivity index (χ0v) is 12.0. The zero-order chi connectivity index (χ0) is 14.4. The van der Waals surface area contributed by atoms with E-state index in [0.29, 0.717) is 5.92 Å². The number of aliphatic hydroxyl groups is 1. The van der Waals surface area contributed by atoms with Gasteiger partial charge >= 0.3 is 0 Å². The van der Waals surface area contributed by atoms with E-state index in [4.69, 9.17) is 5.11 Å². The van der Waals surface area contributed by atoms with Crippen molar-refractivity contribution in [1.82, 2.24) is 0 Å². The molecule has 1 fully saturated rings. The van der Waals surface area contributed by atoms with Crippen LogP contribution < -0.4 is 0 Å². The number of rotatable bonds is 2. The molecule has 0 aliphatic heterocycles. The first-order chi connectivity index (χ1) is 9.65. The van der Waals surface area contributed by atoms with Crippen molar-refractivity contribution in [2.45, 2.75) is 39.0 Å². The quantitative estimate of drug-likeness (QED) is 0.479. The number of hydrogen-bond donors (Lipinski definition) is 1. The molecule has 0 heterocycles. The van der Waals surface area contributed by atoms with Crippen LogP contribution in [0.1, 0.15) is 50.2 Å². The molecule has 1 aromatic rings. The maximum Gasteiger partial charge on any atom is 0.203 e. The van der Waals surface area contributed by atoms with Crippen LogP contribution in [-0.4, -0.2) is 10.8 Å². The minimum absolute atomic E-state index is 0.163. The van der Waals surface area contributed by atoms with Crippen LogP contribution in [0.3, 0.4) is 0 Å². The minimum atomic E-state index is -0.163. The van der Waals surface area contributed by atoms with E-state index in [-0.39, 0.29) is 5.88 Å². The molecule has 104 valence electrons. The van der Waals surface area contributed by atoms with E-state index in [2.05, 4.69) is 23.4 Å². The van der Waals surface area contributed by atoms with E-state index >= 15 is 0 Å². The average molecular weight is 267 g/mol. The maximum absolute atomic E-state index is 9.06. The average Bonchev–Trinajstić information content (AvgIpc) is 2.46. The third-order valence-corrected chi connectivity index (χ3v) is 3.63. The normalized spacial score (nSPS) is 16.4. The van der Waals surface area contributed by atoms with Crippen LogP contribution in [0.15, 0.2) is 41.7 Å². The highest BCUT2D eigenvalue weighted by Gasteiger charge is 2.09. The topological polar surface area (TPSA) is 32.6 Å². The zero-order valence-electron chi connectivity index (χ0n) is 12.0. The Kier molecular flexibility index (Phi) is 5.01. The van der Waals surface area contributed by atoms with Crippen LogP contribution in [0.2, 0.25) is 0 Å². The highest BCUT2D eigenvalue weighted by molar-refractivity contribution is 5.99. The first-order valence-corrected chi connectivity index (χ1v) is 7.20. The number of hydrogen-bond acceptors (Lipinski definition) is 2. The summed E-state index contributed by atoms with van der Waals surface area (Å²) < 4.78 is 0. The van der Waals surface area contributed by atoms with Gasteiger partial charge in [-0.25, -0.2) is 4.99 Å². The van der Waals surface area contributed by atoms with Gasteiger partial charge in [0, 0.05) is 17.2 Å². The van der Waals surface area contributed by atoms with Gasteiger partial charge in [0.2, 0.25) is 5.88 Å². The Morgan fingerprint density at radius 2 is 1.85 bits per heavy atom. The van der Waals surface area contributed by atoms with Crippen LogP contribution in [-0.2, 0) is 0 Å². The molecule has 20 heavy (non-hydrogen) atoms. The third kappa shape index (κ3) is 4.28. The molecule has 0 atom stereocenters. The van der Waals surface area contributed by atoms with Gasteiger partial charge in [-0.3, -0.25) is 0 Å². The molecule has 0 saturated heterocycles. The van der Waals surface area contributed by atoms with Crippen LogP contribution in [0, 0.1) is 17.8 Å². The van der Waals surface area contributed by atoms with Crippen molar-refractivity contribution in [2.24, 2.45) is 10.9 Å². The predicted octanol–water partition coefficient (Wildman–Crippen LogP) is 4.46. The van der Waals surface area contributed by atoms with E-state index in [1.165, 1.54) is 32.1 Å². The molecular weight excluding hydrogens is 246 g/mol. The van der Waals surface area contributed by atoms with Gasteiger partial charge in [0.15, 0.2) is 0 Å². The second kappa shape index (κ2) is 6.96. The summed E-state index contributed by atoms with van der Waals surface area (Å²) in [5.74, 6) is 7.06. The molecule has 2 heteroatoms. The molecular formula is C18H21NO. The van der Waals surface area contributed by atoms with Crippen molar-refractivity contribution in [1.29, 1.82) is 0 Å². The van der Waals surface area contributed by atoms with Gasteiger partial charge in [-0.05, 0) is 44.0 Å². The van der Waals surface area contributed by atoms with E-state index in [1.807, 2.05) is 31.2 Å². The van der Waals surface area contributed by atoms with Crippen molar-refractivity contribution in [2.75, 3.05) is 0 Å². The van der Waals surface area contributed by atoms with Gasteiger partial charge in [0.05, 0.1) is 0 Å².